The number of fused-ring (bicyclic) bond motifs is 3. The van der Waals surface area contributed by atoms with Crippen LogP contribution in [0, 0.1) is 16.7 Å². The van der Waals surface area contributed by atoms with E-state index in [4.69, 9.17) is 4.74 Å². The van der Waals surface area contributed by atoms with E-state index >= 15 is 0 Å². The van der Waals surface area contributed by atoms with E-state index in [9.17, 15) is 14.7 Å². The number of ether oxygens (including phenoxy) is 1. The van der Waals surface area contributed by atoms with Crippen LogP contribution in [0.1, 0.15) is 57.8 Å². The number of carbonyl (C=O) groups excluding carboxylic acids is 1. The third kappa shape index (κ3) is 2.64. The molecule has 22 heavy (non-hydrogen) atoms. The van der Waals surface area contributed by atoms with E-state index in [1.54, 1.807) is 7.11 Å². The van der Waals surface area contributed by atoms with Crippen molar-refractivity contribution in [1.29, 1.82) is 0 Å². The molecule has 0 aliphatic heterocycles. The average Bonchev–Trinajstić information content (AvgIpc) is 2.51. The van der Waals surface area contributed by atoms with E-state index in [0.717, 1.165) is 45.1 Å². The summed E-state index contributed by atoms with van der Waals surface area (Å²) in [5, 5.41) is 12.5. The first kappa shape index (κ1) is 15.8. The zero-order valence-electron chi connectivity index (χ0n) is 13.4. The molecule has 2 bridgehead atoms. The number of rotatable bonds is 6. The third-order valence-corrected chi connectivity index (χ3v) is 6.55. The molecule has 5 heteroatoms. The summed E-state index contributed by atoms with van der Waals surface area (Å²) < 4.78 is 5.27. The Hall–Kier alpha value is -1.10. The number of carbonyl (C=O) groups is 2. The van der Waals surface area contributed by atoms with E-state index < -0.39 is 11.4 Å². The van der Waals surface area contributed by atoms with Crippen LogP contribution in [0.15, 0.2) is 0 Å². The fraction of sp³-hybridized carbons (Fsp3) is 0.882. The second-order valence-electron chi connectivity index (χ2n) is 7.61. The molecular weight excluding hydrogens is 282 g/mol. The standard InChI is InChI=1S/C17H27NO4/c1-22-13-10-12(11-13)2-9-18-14(19)16-3-6-17(7-4-16,8-5-16)15(20)21/h12-13H,2-11H2,1H3,(H,18,19)(H,20,21). The van der Waals surface area contributed by atoms with E-state index in [1.807, 2.05) is 0 Å². The summed E-state index contributed by atoms with van der Waals surface area (Å²) in [5.74, 6) is 0.174. The molecule has 0 unspecified atom stereocenters. The molecule has 0 aromatic carbocycles. The van der Waals surface area contributed by atoms with Gasteiger partial charge in [0, 0.05) is 19.1 Å². The summed E-state index contributed by atoms with van der Waals surface area (Å²) in [4.78, 5) is 24.0. The second-order valence-corrected chi connectivity index (χ2v) is 7.61. The normalized spacial score (nSPS) is 40.0. The van der Waals surface area contributed by atoms with Crippen molar-refractivity contribution in [2.75, 3.05) is 13.7 Å². The van der Waals surface area contributed by atoms with Crippen molar-refractivity contribution in [3.05, 3.63) is 0 Å². The molecule has 4 rings (SSSR count). The van der Waals surface area contributed by atoms with Crippen LogP contribution >= 0.6 is 0 Å². The number of carboxylic acids is 1. The van der Waals surface area contributed by atoms with Gasteiger partial charge in [-0.05, 0) is 63.7 Å². The summed E-state index contributed by atoms with van der Waals surface area (Å²) in [7, 11) is 1.76. The Balaban J connectivity index is 1.45. The summed E-state index contributed by atoms with van der Waals surface area (Å²) >= 11 is 0. The molecule has 0 aromatic rings. The lowest BCUT2D eigenvalue weighted by molar-refractivity contribution is -0.163. The average molecular weight is 309 g/mol. The van der Waals surface area contributed by atoms with Gasteiger partial charge in [-0.1, -0.05) is 0 Å². The smallest absolute Gasteiger partial charge is 0.309 e. The van der Waals surface area contributed by atoms with E-state index in [0.29, 0.717) is 31.3 Å². The summed E-state index contributed by atoms with van der Waals surface area (Å²) in [6.07, 6.45) is 7.86. The minimum atomic E-state index is -0.668. The monoisotopic (exact) mass is 309 g/mol. The highest BCUT2D eigenvalue weighted by molar-refractivity contribution is 5.84. The number of nitrogens with one attached hydrogen (secondary N) is 1. The predicted molar refractivity (Wildman–Crippen MR) is 81.4 cm³/mol. The summed E-state index contributed by atoms with van der Waals surface area (Å²) in [6, 6.07) is 0. The number of carboxylic acid groups (broad SMARTS) is 1. The van der Waals surface area contributed by atoms with Crippen LogP contribution in [0.4, 0.5) is 0 Å². The maximum absolute atomic E-state index is 12.6. The predicted octanol–water partition coefficient (Wildman–Crippen LogP) is 2.34. The van der Waals surface area contributed by atoms with Crippen molar-refractivity contribution in [3.8, 4) is 0 Å². The summed E-state index contributed by atoms with van der Waals surface area (Å²) in [6.45, 7) is 0.742. The molecule has 0 spiro atoms. The lowest BCUT2D eigenvalue weighted by atomic mass is 9.53. The van der Waals surface area contributed by atoms with Gasteiger partial charge in [-0.2, -0.15) is 0 Å². The van der Waals surface area contributed by atoms with E-state index in [-0.39, 0.29) is 11.3 Å². The minimum absolute atomic E-state index is 0.161. The fourth-order valence-corrected chi connectivity index (χ4v) is 4.53. The van der Waals surface area contributed by atoms with Gasteiger partial charge in [0.1, 0.15) is 0 Å². The van der Waals surface area contributed by atoms with Crippen LogP contribution in [0.3, 0.4) is 0 Å². The lowest BCUT2D eigenvalue weighted by Crippen LogP contribution is -2.52. The lowest BCUT2D eigenvalue weighted by Gasteiger charge is -2.50. The van der Waals surface area contributed by atoms with Crippen molar-refractivity contribution < 1.29 is 19.4 Å². The molecule has 0 aromatic heterocycles. The fourth-order valence-electron chi connectivity index (χ4n) is 4.53. The van der Waals surface area contributed by atoms with Crippen molar-refractivity contribution >= 4 is 11.9 Å². The highest BCUT2D eigenvalue weighted by Crippen LogP contribution is 2.57. The molecule has 0 radical (unpaired) electrons. The van der Waals surface area contributed by atoms with Crippen LogP contribution < -0.4 is 5.32 Å². The maximum atomic E-state index is 12.6. The maximum Gasteiger partial charge on any atom is 0.309 e. The molecule has 0 heterocycles. The minimum Gasteiger partial charge on any atom is -0.481 e. The zero-order chi connectivity index (χ0) is 15.8. The van der Waals surface area contributed by atoms with Crippen molar-refractivity contribution in [2.45, 2.75) is 63.9 Å². The number of aliphatic carboxylic acids is 1. The first-order valence-electron chi connectivity index (χ1n) is 8.54. The van der Waals surface area contributed by atoms with E-state index in [1.165, 1.54) is 0 Å². The zero-order valence-corrected chi connectivity index (χ0v) is 13.4. The topological polar surface area (TPSA) is 75.6 Å². The van der Waals surface area contributed by atoms with Gasteiger partial charge in [-0.15, -0.1) is 0 Å². The number of methoxy groups -OCH3 is 1. The largest absolute Gasteiger partial charge is 0.481 e. The molecule has 4 saturated carbocycles. The van der Waals surface area contributed by atoms with Crippen LogP contribution in [0.2, 0.25) is 0 Å². The number of hydrogen-bond acceptors (Lipinski definition) is 3. The number of hydrogen-bond donors (Lipinski definition) is 2. The first-order valence-corrected chi connectivity index (χ1v) is 8.54. The van der Waals surface area contributed by atoms with Gasteiger partial charge in [0.25, 0.3) is 0 Å². The Labute approximate surface area is 131 Å². The van der Waals surface area contributed by atoms with Crippen molar-refractivity contribution in [1.82, 2.24) is 5.32 Å². The molecule has 4 aliphatic carbocycles. The Kier molecular flexibility index (Phi) is 4.19. The molecule has 0 saturated heterocycles. The molecule has 5 nitrogen and oxygen atoms in total. The third-order valence-electron chi connectivity index (χ3n) is 6.55. The molecule has 2 N–H and O–H groups in total. The molecule has 4 fully saturated rings. The van der Waals surface area contributed by atoms with Gasteiger partial charge in [0.05, 0.1) is 11.5 Å². The van der Waals surface area contributed by atoms with Gasteiger partial charge in [-0.25, -0.2) is 0 Å². The van der Waals surface area contributed by atoms with Crippen molar-refractivity contribution in [3.63, 3.8) is 0 Å². The Morgan fingerprint density at radius 1 is 1.09 bits per heavy atom. The van der Waals surface area contributed by atoms with Crippen molar-refractivity contribution in [2.24, 2.45) is 16.7 Å². The van der Waals surface area contributed by atoms with Gasteiger partial charge in [0.2, 0.25) is 5.91 Å². The molecular formula is C17H27NO4. The van der Waals surface area contributed by atoms with Gasteiger partial charge >= 0.3 is 5.97 Å². The molecule has 4 aliphatic rings. The van der Waals surface area contributed by atoms with Gasteiger partial charge in [0.15, 0.2) is 0 Å². The highest BCUT2D eigenvalue weighted by atomic mass is 16.5. The molecule has 1 amide bonds. The SMILES string of the molecule is COC1CC(CCNC(=O)C23CCC(C(=O)O)(CC2)CC3)C1. The van der Waals surface area contributed by atoms with Crippen LogP contribution in [-0.2, 0) is 14.3 Å². The first-order chi connectivity index (χ1) is 10.5. The van der Waals surface area contributed by atoms with Crippen LogP contribution in [0.5, 0.6) is 0 Å². The quantitative estimate of drug-likeness (QED) is 0.789. The van der Waals surface area contributed by atoms with E-state index in [2.05, 4.69) is 5.32 Å². The second kappa shape index (κ2) is 5.84. The summed E-state index contributed by atoms with van der Waals surface area (Å²) in [5.41, 5.74) is -0.824. The van der Waals surface area contributed by atoms with Gasteiger partial charge < -0.3 is 15.2 Å². The van der Waals surface area contributed by atoms with Gasteiger partial charge in [-0.3, -0.25) is 9.59 Å². The van der Waals surface area contributed by atoms with Crippen LogP contribution in [0.25, 0.3) is 0 Å². The van der Waals surface area contributed by atoms with Crippen LogP contribution in [-0.4, -0.2) is 36.7 Å². The Morgan fingerprint density at radius 3 is 2.14 bits per heavy atom. The highest BCUT2D eigenvalue weighted by Gasteiger charge is 2.55. The Morgan fingerprint density at radius 2 is 1.64 bits per heavy atom. The molecule has 0 atom stereocenters. The Bertz CT molecular complexity index is 431. The number of amides is 1. The molecule has 124 valence electrons.